The van der Waals surface area contributed by atoms with Crippen molar-refractivity contribution in [2.75, 3.05) is 24.2 Å². The first-order chi connectivity index (χ1) is 8.89. The van der Waals surface area contributed by atoms with E-state index >= 15 is 0 Å². The van der Waals surface area contributed by atoms with Crippen molar-refractivity contribution in [2.24, 2.45) is 11.1 Å². The molecule has 0 saturated carbocycles. The average molecular weight is 285 g/mol. The monoisotopic (exact) mass is 285 g/mol. The van der Waals surface area contributed by atoms with Gasteiger partial charge in [-0.05, 0) is 25.5 Å². The minimum atomic E-state index is -3.79. The Morgan fingerprint density at radius 3 is 2.79 bits per heavy atom. The molecule has 2 atom stereocenters. The maximum absolute atomic E-state index is 11.4. The average Bonchev–Trinajstić information content (AvgIpc) is 2.72. The summed E-state index contributed by atoms with van der Waals surface area (Å²) in [7, 11) is -3.79. The predicted molar refractivity (Wildman–Crippen MR) is 74.2 cm³/mol. The van der Waals surface area contributed by atoms with Crippen molar-refractivity contribution in [3.8, 4) is 0 Å². The van der Waals surface area contributed by atoms with Gasteiger partial charge in [0, 0.05) is 19.1 Å². The molecule has 6 nitrogen and oxygen atoms in total. The van der Waals surface area contributed by atoms with Crippen LogP contribution in [0.15, 0.2) is 23.1 Å². The second-order valence-electron chi connectivity index (χ2n) is 4.77. The number of nitrogen functional groups attached to an aromatic ring is 1. The first kappa shape index (κ1) is 14.1. The molecule has 1 heterocycles. The molecule has 1 aliphatic heterocycles. The largest absolute Gasteiger partial charge is 0.396 e. The standard InChI is InChI=1S/C12H19N3O3S/c1-8-9(5-6-18-8)7-15-10-3-2-4-11(12(10)13)19(14,16)17/h2-4,8-9,15H,5-7,13H2,1H3,(H2,14,16,17). The van der Waals surface area contributed by atoms with E-state index in [4.69, 9.17) is 15.6 Å². The zero-order valence-corrected chi connectivity index (χ0v) is 11.6. The third kappa shape index (κ3) is 3.17. The number of sulfonamides is 1. The van der Waals surface area contributed by atoms with Gasteiger partial charge >= 0.3 is 0 Å². The van der Waals surface area contributed by atoms with Crippen molar-refractivity contribution < 1.29 is 13.2 Å². The summed E-state index contributed by atoms with van der Waals surface area (Å²) in [5, 5.41) is 8.28. The van der Waals surface area contributed by atoms with Crippen LogP contribution < -0.4 is 16.2 Å². The number of para-hydroxylation sites is 1. The number of benzene rings is 1. The Balaban J connectivity index is 2.13. The molecule has 2 rings (SSSR count). The van der Waals surface area contributed by atoms with Crippen molar-refractivity contribution in [1.82, 2.24) is 0 Å². The quantitative estimate of drug-likeness (QED) is 0.708. The van der Waals surface area contributed by atoms with E-state index in [9.17, 15) is 8.42 Å². The van der Waals surface area contributed by atoms with Crippen molar-refractivity contribution in [3.05, 3.63) is 18.2 Å². The SMILES string of the molecule is CC1OCCC1CNc1cccc(S(N)(=O)=O)c1N. The molecule has 0 amide bonds. The van der Waals surface area contributed by atoms with Crippen molar-refractivity contribution in [3.63, 3.8) is 0 Å². The van der Waals surface area contributed by atoms with Crippen LogP contribution in [-0.4, -0.2) is 27.7 Å². The molecule has 0 bridgehead atoms. The third-order valence-corrected chi connectivity index (χ3v) is 4.43. The topological polar surface area (TPSA) is 107 Å². The van der Waals surface area contributed by atoms with Crippen LogP contribution in [-0.2, 0) is 14.8 Å². The first-order valence-electron chi connectivity index (χ1n) is 6.16. The number of rotatable bonds is 4. The highest BCUT2D eigenvalue weighted by molar-refractivity contribution is 7.89. The summed E-state index contributed by atoms with van der Waals surface area (Å²) >= 11 is 0. The maximum Gasteiger partial charge on any atom is 0.240 e. The molecule has 1 aromatic rings. The van der Waals surface area contributed by atoms with E-state index < -0.39 is 10.0 Å². The molecular weight excluding hydrogens is 266 g/mol. The van der Waals surface area contributed by atoms with Crippen LogP contribution in [0.2, 0.25) is 0 Å². The van der Waals surface area contributed by atoms with Crippen molar-refractivity contribution >= 4 is 21.4 Å². The van der Waals surface area contributed by atoms with Gasteiger partial charge in [0.25, 0.3) is 0 Å². The van der Waals surface area contributed by atoms with Crippen LogP contribution in [0.4, 0.5) is 11.4 Å². The normalized spacial score (nSPS) is 23.5. The van der Waals surface area contributed by atoms with Gasteiger partial charge in [-0.15, -0.1) is 0 Å². The van der Waals surface area contributed by atoms with Crippen molar-refractivity contribution in [2.45, 2.75) is 24.3 Å². The molecule has 0 spiro atoms. The van der Waals surface area contributed by atoms with Gasteiger partial charge in [-0.2, -0.15) is 0 Å². The number of hydrogen-bond donors (Lipinski definition) is 3. The summed E-state index contributed by atoms with van der Waals surface area (Å²) in [5.41, 5.74) is 6.59. The zero-order chi connectivity index (χ0) is 14.0. The van der Waals surface area contributed by atoms with Gasteiger partial charge in [-0.25, -0.2) is 13.6 Å². The molecule has 5 N–H and O–H groups in total. The smallest absolute Gasteiger partial charge is 0.240 e. The van der Waals surface area contributed by atoms with Gasteiger partial charge in [0.15, 0.2) is 0 Å². The summed E-state index contributed by atoms with van der Waals surface area (Å²) in [5.74, 6) is 0.400. The maximum atomic E-state index is 11.4. The molecule has 19 heavy (non-hydrogen) atoms. The van der Waals surface area contributed by atoms with Gasteiger partial charge in [-0.3, -0.25) is 0 Å². The Labute approximate surface area is 113 Å². The summed E-state index contributed by atoms with van der Waals surface area (Å²) in [4.78, 5) is -0.0479. The number of hydrogen-bond acceptors (Lipinski definition) is 5. The fraction of sp³-hybridized carbons (Fsp3) is 0.500. The highest BCUT2D eigenvalue weighted by Gasteiger charge is 2.24. The Hall–Kier alpha value is -1.31. The van der Waals surface area contributed by atoms with Crippen LogP contribution >= 0.6 is 0 Å². The Kier molecular flexibility index (Phi) is 3.98. The lowest BCUT2D eigenvalue weighted by molar-refractivity contribution is 0.108. The molecule has 0 aromatic heterocycles. The van der Waals surface area contributed by atoms with Crippen molar-refractivity contribution in [1.29, 1.82) is 0 Å². The lowest BCUT2D eigenvalue weighted by Gasteiger charge is -2.17. The molecule has 0 aliphatic carbocycles. The fourth-order valence-electron chi connectivity index (χ4n) is 2.23. The van der Waals surface area contributed by atoms with Crippen LogP contribution in [0.1, 0.15) is 13.3 Å². The van der Waals surface area contributed by atoms with Crippen LogP contribution in [0, 0.1) is 5.92 Å². The number of primary sulfonamides is 1. The number of ether oxygens (including phenoxy) is 1. The predicted octanol–water partition coefficient (Wildman–Crippen LogP) is 0.753. The van der Waals surface area contributed by atoms with Crippen LogP contribution in [0.3, 0.4) is 0 Å². The number of nitrogens with one attached hydrogen (secondary N) is 1. The van der Waals surface area contributed by atoms with E-state index in [-0.39, 0.29) is 16.7 Å². The van der Waals surface area contributed by atoms with Crippen LogP contribution in [0.5, 0.6) is 0 Å². The summed E-state index contributed by atoms with van der Waals surface area (Å²) in [6.45, 7) is 3.49. The lowest BCUT2D eigenvalue weighted by atomic mass is 10.0. The molecule has 2 unspecified atom stereocenters. The molecule has 106 valence electrons. The highest BCUT2D eigenvalue weighted by atomic mass is 32.2. The first-order valence-corrected chi connectivity index (χ1v) is 7.71. The van der Waals surface area contributed by atoms with E-state index in [2.05, 4.69) is 5.32 Å². The van der Waals surface area contributed by atoms with Gasteiger partial charge < -0.3 is 15.8 Å². The van der Waals surface area contributed by atoms with Gasteiger partial charge in [0.1, 0.15) is 4.90 Å². The number of anilines is 2. The van der Waals surface area contributed by atoms with E-state index in [1.807, 2.05) is 6.92 Å². The highest BCUT2D eigenvalue weighted by Crippen LogP contribution is 2.27. The van der Waals surface area contributed by atoms with E-state index in [0.717, 1.165) is 13.0 Å². The number of nitrogens with two attached hydrogens (primary N) is 2. The van der Waals surface area contributed by atoms with E-state index in [1.54, 1.807) is 12.1 Å². The fourth-order valence-corrected chi connectivity index (χ4v) is 2.92. The summed E-state index contributed by atoms with van der Waals surface area (Å²) in [6, 6.07) is 4.76. The summed E-state index contributed by atoms with van der Waals surface area (Å²) < 4.78 is 28.2. The lowest BCUT2D eigenvalue weighted by Crippen LogP contribution is -2.22. The second-order valence-corrected chi connectivity index (χ2v) is 6.30. The molecule has 1 saturated heterocycles. The molecular formula is C12H19N3O3S. The zero-order valence-electron chi connectivity index (χ0n) is 10.8. The Bertz CT molecular complexity index is 559. The Morgan fingerprint density at radius 2 is 2.21 bits per heavy atom. The Morgan fingerprint density at radius 1 is 1.47 bits per heavy atom. The third-order valence-electron chi connectivity index (χ3n) is 3.46. The van der Waals surface area contributed by atoms with Gasteiger partial charge in [-0.1, -0.05) is 6.07 Å². The second kappa shape index (κ2) is 5.36. The van der Waals surface area contributed by atoms with E-state index in [0.29, 0.717) is 18.2 Å². The minimum absolute atomic E-state index is 0.0479. The molecule has 1 aliphatic rings. The van der Waals surface area contributed by atoms with Gasteiger partial charge in [0.05, 0.1) is 17.5 Å². The molecule has 0 radical (unpaired) electrons. The van der Waals surface area contributed by atoms with E-state index in [1.165, 1.54) is 6.07 Å². The molecule has 1 fully saturated rings. The molecule has 7 heteroatoms. The van der Waals surface area contributed by atoms with Crippen LogP contribution in [0.25, 0.3) is 0 Å². The molecule has 1 aromatic carbocycles. The minimum Gasteiger partial charge on any atom is -0.396 e. The van der Waals surface area contributed by atoms with Gasteiger partial charge in [0.2, 0.25) is 10.0 Å². The summed E-state index contributed by atoms with van der Waals surface area (Å²) in [6.07, 6.45) is 1.19.